The fourth-order valence-corrected chi connectivity index (χ4v) is 3.29. The largest absolute Gasteiger partial charge is 0.365 e. The van der Waals surface area contributed by atoms with E-state index >= 15 is 0 Å². The summed E-state index contributed by atoms with van der Waals surface area (Å²) in [4.78, 5) is 12.5. The molecule has 1 aromatic carbocycles. The van der Waals surface area contributed by atoms with E-state index in [2.05, 4.69) is 24.0 Å². The van der Waals surface area contributed by atoms with Gasteiger partial charge in [-0.2, -0.15) is 4.39 Å². The van der Waals surface area contributed by atoms with Crippen molar-refractivity contribution < 1.29 is 9.31 Å². The van der Waals surface area contributed by atoms with Gasteiger partial charge in [-0.15, -0.1) is 10.2 Å². The summed E-state index contributed by atoms with van der Waals surface area (Å²) in [5.41, 5.74) is -0.121. The van der Waals surface area contributed by atoms with Gasteiger partial charge in [-0.3, -0.25) is 10.1 Å². The highest BCUT2D eigenvalue weighted by atomic mass is 19.1. The summed E-state index contributed by atoms with van der Waals surface area (Å²) in [6.07, 6.45) is 3.51. The molecule has 8 heteroatoms. The maximum absolute atomic E-state index is 13.9. The van der Waals surface area contributed by atoms with Gasteiger partial charge in [-0.25, -0.2) is 0 Å². The number of piperidine rings is 1. The van der Waals surface area contributed by atoms with Gasteiger partial charge in [0.25, 0.3) is 0 Å². The van der Waals surface area contributed by atoms with Crippen LogP contribution in [0.3, 0.4) is 0 Å². The number of anilines is 1. The maximum atomic E-state index is 13.9. The van der Waals surface area contributed by atoms with E-state index in [0.29, 0.717) is 18.8 Å². The first-order valence-electron chi connectivity index (χ1n) is 8.06. The van der Waals surface area contributed by atoms with Crippen LogP contribution in [0.1, 0.15) is 44.5 Å². The van der Waals surface area contributed by atoms with Gasteiger partial charge in [0.05, 0.1) is 4.92 Å². The van der Waals surface area contributed by atoms with E-state index in [0.717, 1.165) is 24.7 Å². The number of para-hydroxylation sites is 1. The second kappa shape index (κ2) is 6.54. The van der Waals surface area contributed by atoms with Gasteiger partial charge < -0.3 is 9.47 Å². The number of nitro benzene ring substituents is 1. The highest BCUT2D eigenvalue weighted by Crippen LogP contribution is 2.35. The predicted molar refractivity (Wildman–Crippen MR) is 87.6 cm³/mol. The summed E-state index contributed by atoms with van der Waals surface area (Å²) in [6.45, 7) is 5.35. The molecule has 0 aliphatic carbocycles. The summed E-state index contributed by atoms with van der Waals surface area (Å²) >= 11 is 0. The van der Waals surface area contributed by atoms with Gasteiger partial charge in [0.15, 0.2) is 0 Å². The van der Waals surface area contributed by atoms with Crippen LogP contribution in [0.25, 0.3) is 0 Å². The monoisotopic (exact) mass is 333 g/mol. The predicted octanol–water partition coefficient (Wildman–Crippen LogP) is 3.29. The molecule has 1 unspecified atom stereocenters. The number of hydrogen-bond acceptors (Lipinski definition) is 5. The van der Waals surface area contributed by atoms with Crippen LogP contribution in [0.5, 0.6) is 0 Å². The summed E-state index contributed by atoms with van der Waals surface area (Å²) in [6, 6.07) is 4.49. The average Bonchev–Trinajstić information content (AvgIpc) is 3.04. The first-order chi connectivity index (χ1) is 11.5. The number of rotatable bonds is 4. The first-order valence-corrected chi connectivity index (χ1v) is 8.06. The molecule has 7 nitrogen and oxygen atoms in total. The summed E-state index contributed by atoms with van der Waals surface area (Å²) in [5.74, 6) is 0.199. The van der Waals surface area contributed by atoms with E-state index in [-0.39, 0.29) is 12.0 Å². The highest BCUT2D eigenvalue weighted by Gasteiger charge is 2.30. The Kier molecular flexibility index (Phi) is 4.46. The number of nitro groups is 1. The van der Waals surface area contributed by atoms with Crippen molar-refractivity contribution in [2.75, 3.05) is 18.0 Å². The smallest absolute Gasteiger partial charge is 0.327 e. The molecule has 24 heavy (non-hydrogen) atoms. The van der Waals surface area contributed by atoms with Crippen LogP contribution >= 0.6 is 0 Å². The van der Waals surface area contributed by atoms with Crippen molar-refractivity contribution in [3.8, 4) is 0 Å². The second-order valence-electron chi connectivity index (χ2n) is 6.34. The van der Waals surface area contributed by atoms with Crippen molar-refractivity contribution in [2.45, 2.75) is 38.6 Å². The zero-order chi connectivity index (χ0) is 17.3. The van der Waals surface area contributed by atoms with Crippen molar-refractivity contribution in [2.24, 2.45) is 0 Å². The zero-order valence-corrected chi connectivity index (χ0v) is 13.7. The van der Waals surface area contributed by atoms with E-state index in [9.17, 15) is 14.5 Å². The molecule has 1 atom stereocenters. The Labute approximate surface area is 139 Å². The highest BCUT2D eigenvalue weighted by molar-refractivity contribution is 5.64. The molecule has 0 N–H and O–H groups in total. The van der Waals surface area contributed by atoms with Crippen molar-refractivity contribution in [3.63, 3.8) is 0 Å². The Hall–Kier alpha value is -2.51. The third-order valence-electron chi connectivity index (χ3n) is 4.43. The number of hydrogen-bond donors (Lipinski definition) is 0. The fourth-order valence-electron chi connectivity index (χ4n) is 3.29. The standard InChI is InChI=1S/C16H20FN5O2/c1-11(2)21-10-18-19-16(21)12-5-4-8-20(9-12)14-7-3-6-13(17)15(14)22(23)24/h3,6-7,10-12H,4-5,8-9H2,1-2H3. The molecule has 0 saturated carbocycles. The number of aromatic nitrogens is 3. The molecule has 1 aromatic heterocycles. The Balaban J connectivity index is 1.91. The van der Waals surface area contributed by atoms with E-state index in [1.165, 1.54) is 6.07 Å². The van der Waals surface area contributed by atoms with E-state index in [1.807, 2.05) is 9.47 Å². The molecule has 2 heterocycles. The Morgan fingerprint density at radius 2 is 2.21 bits per heavy atom. The second-order valence-corrected chi connectivity index (χ2v) is 6.34. The molecule has 1 fully saturated rings. The molecule has 0 spiro atoms. The van der Waals surface area contributed by atoms with Gasteiger partial charge in [0.1, 0.15) is 17.8 Å². The molecule has 1 aliphatic rings. The maximum Gasteiger partial charge on any atom is 0.327 e. The van der Waals surface area contributed by atoms with Crippen LogP contribution < -0.4 is 4.90 Å². The molecule has 128 valence electrons. The third-order valence-corrected chi connectivity index (χ3v) is 4.43. The van der Waals surface area contributed by atoms with Crippen LogP contribution in [-0.4, -0.2) is 32.8 Å². The van der Waals surface area contributed by atoms with Crippen LogP contribution in [-0.2, 0) is 0 Å². The number of benzene rings is 1. The minimum atomic E-state index is -0.801. The molecular formula is C16H20FN5O2. The molecule has 2 aromatic rings. The molecule has 1 aliphatic heterocycles. The summed E-state index contributed by atoms with van der Waals surface area (Å²) in [7, 11) is 0. The molecule has 0 radical (unpaired) electrons. The van der Waals surface area contributed by atoms with E-state index in [4.69, 9.17) is 0 Å². The topological polar surface area (TPSA) is 77.1 Å². The lowest BCUT2D eigenvalue weighted by Crippen LogP contribution is -2.36. The van der Waals surface area contributed by atoms with Gasteiger partial charge in [-0.1, -0.05) is 6.07 Å². The SMILES string of the molecule is CC(C)n1cnnc1C1CCCN(c2cccc(F)c2[N+](=O)[O-])C1. The lowest BCUT2D eigenvalue weighted by Gasteiger charge is -2.34. The van der Waals surface area contributed by atoms with Crippen LogP contribution in [0.2, 0.25) is 0 Å². The van der Waals surface area contributed by atoms with Crippen molar-refractivity contribution in [1.29, 1.82) is 0 Å². The molecular weight excluding hydrogens is 313 g/mol. The quantitative estimate of drug-likeness (QED) is 0.634. The van der Waals surface area contributed by atoms with E-state index in [1.54, 1.807) is 12.4 Å². The summed E-state index contributed by atoms with van der Waals surface area (Å²) < 4.78 is 15.9. The number of halogens is 1. The lowest BCUT2D eigenvalue weighted by molar-refractivity contribution is -0.386. The Morgan fingerprint density at radius 3 is 2.92 bits per heavy atom. The number of nitrogens with zero attached hydrogens (tertiary/aromatic N) is 5. The van der Waals surface area contributed by atoms with Crippen molar-refractivity contribution >= 4 is 11.4 Å². The minimum absolute atomic E-state index is 0.117. The van der Waals surface area contributed by atoms with Crippen molar-refractivity contribution in [3.05, 3.63) is 46.3 Å². The van der Waals surface area contributed by atoms with Gasteiger partial charge in [0, 0.05) is 25.0 Å². The van der Waals surface area contributed by atoms with Gasteiger partial charge >= 0.3 is 5.69 Å². The van der Waals surface area contributed by atoms with Gasteiger partial charge in [0.2, 0.25) is 5.82 Å². The lowest BCUT2D eigenvalue weighted by atomic mass is 9.96. The molecule has 0 amide bonds. The average molecular weight is 333 g/mol. The third kappa shape index (κ3) is 2.95. The first kappa shape index (κ1) is 16.4. The molecule has 1 saturated heterocycles. The van der Waals surface area contributed by atoms with E-state index < -0.39 is 16.4 Å². The fraction of sp³-hybridized carbons (Fsp3) is 0.500. The normalized spacial score (nSPS) is 18.2. The van der Waals surface area contributed by atoms with Gasteiger partial charge in [-0.05, 0) is 38.8 Å². The van der Waals surface area contributed by atoms with Crippen molar-refractivity contribution in [1.82, 2.24) is 14.8 Å². The summed E-state index contributed by atoms with van der Waals surface area (Å²) in [5, 5.41) is 19.5. The minimum Gasteiger partial charge on any atom is -0.365 e. The Bertz CT molecular complexity index is 746. The Morgan fingerprint density at radius 1 is 1.42 bits per heavy atom. The van der Waals surface area contributed by atoms with Crippen LogP contribution in [0.4, 0.5) is 15.8 Å². The zero-order valence-electron chi connectivity index (χ0n) is 13.7. The van der Waals surface area contributed by atoms with Crippen LogP contribution in [0, 0.1) is 15.9 Å². The molecule has 0 bridgehead atoms. The van der Waals surface area contributed by atoms with Crippen LogP contribution in [0.15, 0.2) is 24.5 Å². The molecule has 3 rings (SSSR count).